The highest BCUT2D eigenvalue weighted by Crippen LogP contribution is 2.23. The molecule has 0 spiro atoms. The molecule has 0 aliphatic rings. The van der Waals surface area contributed by atoms with Crippen molar-refractivity contribution in [2.24, 2.45) is 0 Å². The summed E-state index contributed by atoms with van der Waals surface area (Å²) in [4.78, 5) is 12.5. The first-order chi connectivity index (χ1) is 11.9. The molecule has 4 nitrogen and oxygen atoms in total. The van der Waals surface area contributed by atoms with E-state index in [4.69, 9.17) is 4.74 Å². The number of para-hydroxylation sites is 1. The molecule has 2 aromatic carbocycles. The molecule has 0 bridgehead atoms. The minimum absolute atomic E-state index is 0.00357. The molecular formula is C21H22N2O2. The summed E-state index contributed by atoms with van der Waals surface area (Å²) in [6.07, 6.45) is 1.56. The van der Waals surface area contributed by atoms with Crippen LogP contribution >= 0.6 is 0 Å². The second-order valence-electron chi connectivity index (χ2n) is 6.15. The molecule has 0 fully saturated rings. The molecule has 25 heavy (non-hydrogen) atoms. The predicted octanol–water partition coefficient (Wildman–Crippen LogP) is 4.64. The van der Waals surface area contributed by atoms with E-state index in [0.29, 0.717) is 17.0 Å². The van der Waals surface area contributed by atoms with Crippen molar-refractivity contribution in [3.63, 3.8) is 0 Å². The summed E-state index contributed by atoms with van der Waals surface area (Å²) >= 11 is 0. The highest BCUT2D eigenvalue weighted by molar-refractivity contribution is 6.10. The van der Waals surface area contributed by atoms with Gasteiger partial charge in [0.2, 0.25) is 0 Å². The van der Waals surface area contributed by atoms with Crippen LogP contribution < -0.4 is 10.1 Å². The molecule has 2 rings (SSSR count). The van der Waals surface area contributed by atoms with Gasteiger partial charge in [0.25, 0.3) is 5.91 Å². The van der Waals surface area contributed by atoms with Crippen LogP contribution in [0.5, 0.6) is 5.75 Å². The van der Waals surface area contributed by atoms with Gasteiger partial charge in [-0.1, -0.05) is 30.3 Å². The van der Waals surface area contributed by atoms with E-state index in [9.17, 15) is 10.1 Å². The SMILES string of the molecule is Cc1ccc(C)c(NC(=O)/C(C#N)=C/c2ccccc2OC(C)C)c1. The van der Waals surface area contributed by atoms with E-state index in [0.717, 1.165) is 11.1 Å². The lowest BCUT2D eigenvalue weighted by atomic mass is 10.1. The van der Waals surface area contributed by atoms with Gasteiger partial charge >= 0.3 is 0 Å². The summed E-state index contributed by atoms with van der Waals surface area (Å²) in [6, 6.07) is 15.1. The molecule has 4 heteroatoms. The molecule has 2 aromatic rings. The summed E-state index contributed by atoms with van der Waals surface area (Å²) in [5.41, 5.74) is 3.42. The first-order valence-electron chi connectivity index (χ1n) is 8.16. The normalized spacial score (nSPS) is 11.1. The molecular weight excluding hydrogens is 312 g/mol. The molecule has 128 valence electrons. The molecule has 0 saturated heterocycles. The molecule has 0 radical (unpaired) electrons. The number of carbonyl (C=O) groups is 1. The Hall–Kier alpha value is -3.06. The molecule has 0 saturated carbocycles. The Bertz CT molecular complexity index is 845. The summed E-state index contributed by atoms with van der Waals surface area (Å²) in [5.74, 6) is 0.209. The quantitative estimate of drug-likeness (QED) is 0.640. The van der Waals surface area contributed by atoms with E-state index in [1.807, 2.05) is 76.2 Å². The fraction of sp³-hybridized carbons (Fsp3) is 0.238. The molecule has 0 aromatic heterocycles. The van der Waals surface area contributed by atoms with Gasteiger partial charge in [0.15, 0.2) is 0 Å². The van der Waals surface area contributed by atoms with E-state index < -0.39 is 5.91 Å². The van der Waals surface area contributed by atoms with Gasteiger partial charge in [-0.25, -0.2) is 0 Å². The zero-order chi connectivity index (χ0) is 18.4. The van der Waals surface area contributed by atoms with Crippen molar-refractivity contribution in [3.05, 3.63) is 64.7 Å². The van der Waals surface area contributed by atoms with Gasteiger partial charge in [-0.2, -0.15) is 5.26 Å². The summed E-state index contributed by atoms with van der Waals surface area (Å²) in [5, 5.41) is 12.2. The number of nitriles is 1. The van der Waals surface area contributed by atoms with Gasteiger partial charge in [-0.3, -0.25) is 4.79 Å². The fourth-order valence-electron chi connectivity index (χ4n) is 2.33. The molecule has 0 aliphatic carbocycles. The minimum Gasteiger partial charge on any atom is -0.490 e. The predicted molar refractivity (Wildman–Crippen MR) is 100 cm³/mol. The zero-order valence-corrected chi connectivity index (χ0v) is 15.0. The Morgan fingerprint density at radius 3 is 2.60 bits per heavy atom. The maximum atomic E-state index is 12.5. The molecule has 0 heterocycles. The highest BCUT2D eigenvalue weighted by Gasteiger charge is 2.13. The van der Waals surface area contributed by atoms with Crippen LogP contribution in [0.2, 0.25) is 0 Å². The molecule has 1 amide bonds. The number of rotatable bonds is 5. The van der Waals surface area contributed by atoms with Crippen LogP contribution in [0.4, 0.5) is 5.69 Å². The summed E-state index contributed by atoms with van der Waals surface area (Å²) in [7, 11) is 0. The number of amides is 1. The second kappa shape index (κ2) is 8.16. The average Bonchev–Trinajstić information content (AvgIpc) is 2.56. The smallest absolute Gasteiger partial charge is 0.266 e. The number of benzene rings is 2. The maximum Gasteiger partial charge on any atom is 0.266 e. The largest absolute Gasteiger partial charge is 0.490 e. The van der Waals surface area contributed by atoms with Crippen LogP contribution in [-0.2, 0) is 4.79 Å². The Morgan fingerprint density at radius 2 is 1.92 bits per heavy atom. The number of ether oxygens (including phenoxy) is 1. The molecule has 0 atom stereocenters. The highest BCUT2D eigenvalue weighted by atomic mass is 16.5. The molecule has 0 unspecified atom stereocenters. The van der Waals surface area contributed by atoms with Crippen molar-refractivity contribution in [2.75, 3.05) is 5.32 Å². The number of carbonyl (C=O) groups excluding carboxylic acids is 1. The van der Waals surface area contributed by atoms with E-state index in [1.165, 1.54) is 0 Å². The standard InChI is InChI=1S/C21H22N2O2/c1-14(2)25-20-8-6-5-7-17(20)12-18(13-22)21(24)23-19-11-15(3)9-10-16(19)4/h5-12,14H,1-4H3,(H,23,24)/b18-12+. The van der Waals surface area contributed by atoms with Crippen LogP contribution in [0.1, 0.15) is 30.5 Å². The average molecular weight is 334 g/mol. The lowest BCUT2D eigenvalue weighted by Crippen LogP contribution is -2.14. The van der Waals surface area contributed by atoms with E-state index in [2.05, 4.69) is 5.32 Å². The van der Waals surface area contributed by atoms with Gasteiger partial charge in [0.1, 0.15) is 17.4 Å². The Balaban J connectivity index is 2.30. The lowest BCUT2D eigenvalue weighted by molar-refractivity contribution is -0.112. The van der Waals surface area contributed by atoms with Crippen LogP contribution in [0, 0.1) is 25.2 Å². The number of aryl methyl sites for hydroxylation is 2. The van der Waals surface area contributed by atoms with Gasteiger partial charge in [0, 0.05) is 11.3 Å². The second-order valence-corrected chi connectivity index (χ2v) is 6.15. The lowest BCUT2D eigenvalue weighted by Gasteiger charge is -2.13. The van der Waals surface area contributed by atoms with Crippen molar-refractivity contribution in [1.82, 2.24) is 0 Å². The number of nitrogens with zero attached hydrogens (tertiary/aromatic N) is 1. The summed E-state index contributed by atoms with van der Waals surface area (Å²) in [6.45, 7) is 7.73. The minimum atomic E-state index is -0.435. The van der Waals surface area contributed by atoms with Gasteiger partial charge in [0.05, 0.1) is 6.10 Å². The third-order valence-corrected chi connectivity index (χ3v) is 3.59. The maximum absolute atomic E-state index is 12.5. The van der Waals surface area contributed by atoms with Gasteiger partial charge < -0.3 is 10.1 Å². The van der Waals surface area contributed by atoms with Crippen LogP contribution in [0.3, 0.4) is 0 Å². The number of anilines is 1. The number of hydrogen-bond acceptors (Lipinski definition) is 3. The summed E-state index contributed by atoms with van der Waals surface area (Å²) < 4.78 is 5.74. The first kappa shape index (κ1) is 18.3. The monoisotopic (exact) mass is 334 g/mol. The van der Waals surface area contributed by atoms with Crippen LogP contribution in [-0.4, -0.2) is 12.0 Å². The third-order valence-electron chi connectivity index (χ3n) is 3.59. The van der Waals surface area contributed by atoms with Crippen molar-refractivity contribution in [2.45, 2.75) is 33.8 Å². The van der Waals surface area contributed by atoms with Crippen molar-refractivity contribution in [1.29, 1.82) is 5.26 Å². The Morgan fingerprint density at radius 1 is 1.20 bits per heavy atom. The first-order valence-corrected chi connectivity index (χ1v) is 8.16. The van der Waals surface area contributed by atoms with Gasteiger partial charge in [-0.05, 0) is 57.0 Å². The van der Waals surface area contributed by atoms with Crippen molar-refractivity contribution >= 4 is 17.7 Å². The van der Waals surface area contributed by atoms with Crippen molar-refractivity contribution in [3.8, 4) is 11.8 Å². The zero-order valence-electron chi connectivity index (χ0n) is 15.0. The fourth-order valence-corrected chi connectivity index (χ4v) is 2.33. The van der Waals surface area contributed by atoms with E-state index in [-0.39, 0.29) is 11.7 Å². The number of nitrogens with one attached hydrogen (secondary N) is 1. The Labute approximate surface area is 148 Å². The molecule has 0 aliphatic heterocycles. The van der Waals surface area contributed by atoms with E-state index in [1.54, 1.807) is 6.08 Å². The number of hydrogen-bond donors (Lipinski definition) is 1. The van der Waals surface area contributed by atoms with Crippen molar-refractivity contribution < 1.29 is 9.53 Å². The topological polar surface area (TPSA) is 62.1 Å². The van der Waals surface area contributed by atoms with E-state index >= 15 is 0 Å². The van der Waals surface area contributed by atoms with Crippen LogP contribution in [0.15, 0.2) is 48.0 Å². The molecule has 1 N–H and O–H groups in total. The third kappa shape index (κ3) is 4.95. The van der Waals surface area contributed by atoms with Gasteiger partial charge in [-0.15, -0.1) is 0 Å². The van der Waals surface area contributed by atoms with Crippen LogP contribution in [0.25, 0.3) is 6.08 Å². The Kier molecular flexibility index (Phi) is 5.97.